The molecule has 0 aliphatic rings. The summed E-state index contributed by atoms with van der Waals surface area (Å²) in [5.41, 5.74) is 0.456. The van der Waals surface area contributed by atoms with Crippen molar-refractivity contribution in [2.24, 2.45) is 0 Å². The van der Waals surface area contributed by atoms with Gasteiger partial charge in [0.15, 0.2) is 0 Å². The topological polar surface area (TPSA) is 12.0 Å². The van der Waals surface area contributed by atoms with Crippen LogP contribution in [0, 0.1) is 0 Å². The SMILES string of the molecule is CCCCNC(CCCC)(CCCC)CCCC. The van der Waals surface area contributed by atoms with Crippen molar-refractivity contribution >= 4 is 0 Å². The summed E-state index contributed by atoms with van der Waals surface area (Å²) in [5, 5.41) is 3.94. The number of unbranched alkanes of at least 4 members (excludes halogenated alkanes) is 4. The largest absolute Gasteiger partial charge is 0.311 e. The average molecular weight is 255 g/mol. The standard InChI is InChI=1S/C17H37N/c1-5-9-13-17(14-10-6-2,15-11-7-3)18-16-12-8-4/h18H,5-16H2,1-4H3. The van der Waals surface area contributed by atoms with Gasteiger partial charge in [0.05, 0.1) is 0 Å². The van der Waals surface area contributed by atoms with Crippen LogP contribution in [0.15, 0.2) is 0 Å². The van der Waals surface area contributed by atoms with Gasteiger partial charge in [-0.3, -0.25) is 0 Å². The molecule has 110 valence electrons. The van der Waals surface area contributed by atoms with E-state index in [1.54, 1.807) is 0 Å². The maximum Gasteiger partial charge on any atom is 0.0181 e. The molecule has 0 spiro atoms. The zero-order chi connectivity index (χ0) is 13.7. The average Bonchev–Trinajstić information content (AvgIpc) is 2.40. The molecule has 0 saturated carbocycles. The highest BCUT2D eigenvalue weighted by molar-refractivity contribution is 4.87. The molecule has 0 aliphatic carbocycles. The maximum atomic E-state index is 3.94. The number of hydrogen-bond acceptors (Lipinski definition) is 1. The summed E-state index contributed by atoms with van der Waals surface area (Å²) in [6, 6.07) is 0. The fraction of sp³-hybridized carbons (Fsp3) is 1.00. The van der Waals surface area contributed by atoms with Gasteiger partial charge in [0, 0.05) is 5.54 Å². The van der Waals surface area contributed by atoms with Crippen molar-refractivity contribution < 1.29 is 0 Å². The van der Waals surface area contributed by atoms with Gasteiger partial charge in [0.2, 0.25) is 0 Å². The minimum absolute atomic E-state index is 0.456. The Labute approximate surface area is 116 Å². The first-order valence-corrected chi connectivity index (χ1v) is 8.49. The molecule has 0 aromatic carbocycles. The first kappa shape index (κ1) is 18.0. The second-order valence-electron chi connectivity index (χ2n) is 5.87. The molecule has 0 atom stereocenters. The summed E-state index contributed by atoms with van der Waals surface area (Å²) in [6.45, 7) is 10.4. The number of rotatable bonds is 13. The van der Waals surface area contributed by atoms with E-state index in [2.05, 4.69) is 33.0 Å². The molecule has 0 aliphatic heterocycles. The van der Waals surface area contributed by atoms with E-state index >= 15 is 0 Å². The Bertz CT molecular complexity index is 143. The highest BCUT2D eigenvalue weighted by Gasteiger charge is 2.27. The van der Waals surface area contributed by atoms with Crippen molar-refractivity contribution in [1.82, 2.24) is 5.32 Å². The van der Waals surface area contributed by atoms with Crippen LogP contribution in [-0.2, 0) is 0 Å². The van der Waals surface area contributed by atoms with Gasteiger partial charge in [0.1, 0.15) is 0 Å². The fourth-order valence-electron chi connectivity index (χ4n) is 2.72. The van der Waals surface area contributed by atoms with Crippen molar-refractivity contribution in [3.05, 3.63) is 0 Å². The molecule has 0 radical (unpaired) electrons. The molecule has 0 aromatic rings. The predicted molar refractivity (Wildman–Crippen MR) is 84.2 cm³/mol. The summed E-state index contributed by atoms with van der Waals surface area (Å²) < 4.78 is 0. The third-order valence-electron chi connectivity index (χ3n) is 4.06. The Hall–Kier alpha value is -0.0400. The Balaban J connectivity index is 4.41. The molecule has 0 bridgehead atoms. The number of nitrogens with one attached hydrogen (secondary N) is 1. The first-order chi connectivity index (χ1) is 8.74. The lowest BCUT2D eigenvalue weighted by atomic mass is 9.82. The molecule has 0 unspecified atom stereocenters. The molecule has 0 rings (SSSR count). The monoisotopic (exact) mass is 255 g/mol. The Morgan fingerprint density at radius 3 is 1.33 bits per heavy atom. The summed E-state index contributed by atoms with van der Waals surface area (Å²) >= 11 is 0. The third-order valence-corrected chi connectivity index (χ3v) is 4.06. The van der Waals surface area contributed by atoms with Crippen molar-refractivity contribution in [2.45, 2.75) is 104 Å². The van der Waals surface area contributed by atoms with Crippen molar-refractivity contribution in [3.8, 4) is 0 Å². The Morgan fingerprint density at radius 2 is 1.00 bits per heavy atom. The lowest BCUT2D eigenvalue weighted by molar-refractivity contribution is 0.241. The van der Waals surface area contributed by atoms with E-state index < -0.39 is 0 Å². The zero-order valence-electron chi connectivity index (χ0n) is 13.5. The van der Waals surface area contributed by atoms with E-state index in [0.29, 0.717) is 5.54 Å². The molecular formula is C17H37N. The Kier molecular flexibility index (Phi) is 12.0. The van der Waals surface area contributed by atoms with Crippen LogP contribution in [0.1, 0.15) is 98.3 Å². The number of hydrogen-bond donors (Lipinski definition) is 1. The highest BCUT2D eigenvalue weighted by atomic mass is 15.0. The van der Waals surface area contributed by atoms with E-state index in [1.807, 2.05) is 0 Å². The van der Waals surface area contributed by atoms with Crippen LogP contribution in [0.4, 0.5) is 0 Å². The van der Waals surface area contributed by atoms with Crippen LogP contribution in [0.2, 0.25) is 0 Å². The summed E-state index contributed by atoms with van der Waals surface area (Å²) in [5.74, 6) is 0. The minimum Gasteiger partial charge on any atom is -0.311 e. The molecular weight excluding hydrogens is 218 g/mol. The zero-order valence-corrected chi connectivity index (χ0v) is 13.5. The van der Waals surface area contributed by atoms with E-state index in [0.717, 1.165) is 0 Å². The summed E-state index contributed by atoms with van der Waals surface area (Å²) in [7, 11) is 0. The molecule has 0 aromatic heterocycles. The van der Waals surface area contributed by atoms with Crippen molar-refractivity contribution in [2.75, 3.05) is 6.54 Å². The van der Waals surface area contributed by atoms with E-state index in [9.17, 15) is 0 Å². The van der Waals surface area contributed by atoms with Crippen LogP contribution in [0.25, 0.3) is 0 Å². The molecule has 1 heteroatoms. The van der Waals surface area contributed by atoms with Gasteiger partial charge >= 0.3 is 0 Å². The van der Waals surface area contributed by atoms with Crippen LogP contribution in [0.5, 0.6) is 0 Å². The van der Waals surface area contributed by atoms with Crippen LogP contribution >= 0.6 is 0 Å². The lowest BCUT2D eigenvalue weighted by Gasteiger charge is -2.36. The van der Waals surface area contributed by atoms with Gasteiger partial charge in [-0.2, -0.15) is 0 Å². The van der Waals surface area contributed by atoms with Crippen LogP contribution in [-0.4, -0.2) is 12.1 Å². The Morgan fingerprint density at radius 1 is 0.611 bits per heavy atom. The summed E-state index contributed by atoms with van der Waals surface area (Å²) in [6.07, 6.45) is 14.9. The molecule has 0 heterocycles. The van der Waals surface area contributed by atoms with E-state index in [1.165, 1.54) is 77.2 Å². The lowest BCUT2D eigenvalue weighted by Crippen LogP contribution is -2.45. The quantitative estimate of drug-likeness (QED) is 0.417. The van der Waals surface area contributed by atoms with Crippen molar-refractivity contribution in [1.29, 1.82) is 0 Å². The van der Waals surface area contributed by atoms with E-state index in [-0.39, 0.29) is 0 Å². The van der Waals surface area contributed by atoms with Gasteiger partial charge in [-0.25, -0.2) is 0 Å². The normalized spacial score (nSPS) is 12.0. The van der Waals surface area contributed by atoms with Gasteiger partial charge < -0.3 is 5.32 Å². The van der Waals surface area contributed by atoms with Gasteiger partial charge in [-0.05, 0) is 32.2 Å². The maximum absolute atomic E-state index is 3.94. The van der Waals surface area contributed by atoms with Crippen LogP contribution in [0.3, 0.4) is 0 Å². The second-order valence-corrected chi connectivity index (χ2v) is 5.87. The minimum atomic E-state index is 0.456. The molecule has 0 saturated heterocycles. The second kappa shape index (κ2) is 12.0. The van der Waals surface area contributed by atoms with Gasteiger partial charge in [0.25, 0.3) is 0 Å². The van der Waals surface area contributed by atoms with Gasteiger partial charge in [-0.15, -0.1) is 0 Å². The molecule has 0 amide bonds. The van der Waals surface area contributed by atoms with Crippen molar-refractivity contribution in [3.63, 3.8) is 0 Å². The third kappa shape index (κ3) is 8.13. The molecule has 18 heavy (non-hydrogen) atoms. The summed E-state index contributed by atoms with van der Waals surface area (Å²) in [4.78, 5) is 0. The fourth-order valence-corrected chi connectivity index (χ4v) is 2.72. The molecule has 0 fully saturated rings. The first-order valence-electron chi connectivity index (χ1n) is 8.49. The molecule has 1 N–H and O–H groups in total. The highest BCUT2D eigenvalue weighted by Crippen LogP contribution is 2.27. The van der Waals surface area contributed by atoms with Crippen LogP contribution < -0.4 is 5.32 Å². The van der Waals surface area contributed by atoms with Gasteiger partial charge in [-0.1, -0.05) is 72.6 Å². The smallest absolute Gasteiger partial charge is 0.0181 e. The predicted octanol–water partition coefficient (Wildman–Crippen LogP) is 5.69. The van der Waals surface area contributed by atoms with E-state index in [4.69, 9.17) is 0 Å². The molecule has 1 nitrogen and oxygen atoms in total.